The molecule has 0 aliphatic carbocycles. The molecule has 1 aromatic rings. The van der Waals surface area contributed by atoms with Crippen LogP contribution in [0.1, 0.15) is 0 Å². The number of carbonyl (C=O) groups is 1. The minimum atomic E-state index is -5.13. The Morgan fingerprint density at radius 2 is 1.76 bits per heavy atom. The van der Waals surface area contributed by atoms with Crippen LogP contribution in [0.4, 0.5) is 32.0 Å². The maximum Gasteiger partial charge on any atom is 0.573 e. The summed E-state index contributed by atoms with van der Waals surface area (Å²) >= 11 is 3.21. The van der Waals surface area contributed by atoms with Gasteiger partial charge < -0.3 is 19.9 Å². The van der Waals surface area contributed by atoms with E-state index in [-0.39, 0.29) is 26.4 Å². The van der Waals surface area contributed by atoms with Crippen LogP contribution < -0.4 is 15.4 Å². The molecule has 16 heteroatoms. The third kappa shape index (κ3) is 5.80. The van der Waals surface area contributed by atoms with Gasteiger partial charge in [0.1, 0.15) is 16.4 Å². The van der Waals surface area contributed by atoms with Gasteiger partial charge in [-0.1, -0.05) is 22.8 Å². The number of alkyl halides is 6. The maximum absolute atomic E-state index is 13.7. The Balaban J connectivity index is 2.68. The molecule has 0 bridgehead atoms. The van der Waals surface area contributed by atoms with Crippen molar-refractivity contribution in [2.75, 3.05) is 10.7 Å². The number of nitrogens with zero attached hydrogens (tertiary/aromatic N) is 1. The minimum absolute atomic E-state index is 0.282. The van der Waals surface area contributed by atoms with Gasteiger partial charge in [0.2, 0.25) is 0 Å². The van der Waals surface area contributed by atoms with E-state index in [0.717, 1.165) is 12.1 Å². The number of benzene rings is 1. The number of hydrogen-bond donors (Lipinski definition) is 1. The van der Waals surface area contributed by atoms with Crippen LogP contribution >= 0.6 is 43.6 Å². The molecular formula is C13H7Br2F6N2O4S2-. The molecule has 1 amide bonds. The third-order valence-corrected chi connectivity index (χ3v) is 6.52. The first-order valence-electron chi connectivity index (χ1n) is 6.99. The van der Waals surface area contributed by atoms with Crippen molar-refractivity contribution >= 4 is 66.3 Å². The molecule has 2 atom stereocenters. The molecule has 0 saturated carbocycles. The molecule has 0 saturated heterocycles. The number of ether oxygens (including phenoxy) is 1. The van der Waals surface area contributed by atoms with E-state index in [1.54, 1.807) is 0 Å². The van der Waals surface area contributed by atoms with Gasteiger partial charge in [-0.15, -0.1) is 13.2 Å². The number of anilines is 1. The summed E-state index contributed by atoms with van der Waals surface area (Å²) in [5.41, 5.74) is 3.12. The molecule has 162 valence electrons. The summed E-state index contributed by atoms with van der Waals surface area (Å²) < 4.78 is 104. The molecule has 2 N–H and O–H groups in total. The third-order valence-electron chi connectivity index (χ3n) is 3.23. The predicted molar refractivity (Wildman–Crippen MR) is 98.4 cm³/mol. The van der Waals surface area contributed by atoms with Crippen molar-refractivity contribution in [2.24, 2.45) is 5.73 Å². The number of primary amides is 1. The monoisotopic (exact) mass is 591 g/mol. The molecule has 29 heavy (non-hydrogen) atoms. The van der Waals surface area contributed by atoms with Gasteiger partial charge in [-0.2, -0.15) is 13.2 Å². The van der Waals surface area contributed by atoms with Gasteiger partial charge >= 0.3 is 12.5 Å². The van der Waals surface area contributed by atoms with E-state index in [2.05, 4.69) is 36.6 Å². The van der Waals surface area contributed by atoms with Crippen LogP contribution in [0, 0.1) is 0 Å². The lowest BCUT2D eigenvalue weighted by Gasteiger charge is -2.32. The van der Waals surface area contributed by atoms with Gasteiger partial charge in [0, 0.05) is 14.7 Å². The molecule has 0 spiro atoms. The molecule has 1 aliphatic rings. The number of carbonyl (C=O) groups excluding carboxylic acids is 1. The van der Waals surface area contributed by atoms with Crippen LogP contribution in [0.5, 0.6) is 5.75 Å². The highest BCUT2D eigenvalue weighted by atomic mass is 79.9. The van der Waals surface area contributed by atoms with Crippen molar-refractivity contribution < 1.29 is 44.6 Å². The number of halogens is 8. The van der Waals surface area contributed by atoms with Crippen LogP contribution in [-0.2, 0) is 15.9 Å². The van der Waals surface area contributed by atoms with Crippen molar-refractivity contribution in [3.8, 4) is 5.75 Å². The van der Waals surface area contributed by atoms with E-state index in [9.17, 15) is 39.9 Å². The fourth-order valence-electron chi connectivity index (χ4n) is 2.38. The summed E-state index contributed by atoms with van der Waals surface area (Å²) in [5, 5.41) is -1.46. The molecule has 1 heterocycles. The SMILES string of the molecule is NC(=O)C1=C(C(F)(F)F)N(c2c(Br)cc(OC(F)(F)F)cc2Br)C(CS(=O)[O-])S1. The quantitative estimate of drug-likeness (QED) is 0.408. The average molecular weight is 593 g/mol. The molecule has 0 fully saturated rings. The zero-order valence-electron chi connectivity index (χ0n) is 13.4. The summed E-state index contributed by atoms with van der Waals surface area (Å²) in [6.07, 6.45) is -10.2. The molecule has 0 aromatic heterocycles. The summed E-state index contributed by atoms with van der Waals surface area (Å²) in [5.74, 6) is -3.01. The molecule has 0 radical (unpaired) electrons. The van der Waals surface area contributed by atoms with Gasteiger partial charge in [0.05, 0.1) is 11.1 Å². The van der Waals surface area contributed by atoms with Crippen LogP contribution in [0.3, 0.4) is 0 Å². The van der Waals surface area contributed by atoms with E-state index in [4.69, 9.17) is 5.73 Å². The number of amides is 1. The summed E-state index contributed by atoms with van der Waals surface area (Å²) in [6, 6.07) is 1.50. The fourth-order valence-corrected chi connectivity index (χ4v) is 5.93. The van der Waals surface area contributed by atoms with Crippen molar-refractivity contribution in [1.82, 2.24) is 0 Å². The maximum atomic E-state index is 13.7. The van der Waals surface area contributed by atoms with E-state index < -0.39 is 57.0 Å². The van der Waals surface area contributed by atoms with Crippen LogP contribution in [-0.4, -0.2) is 38.3 Å². The second-order valence-corrected chi connectivity index (χ2v) is 9.07. The van der Waals surface area contributed by atoms with Crippen molar-refractivity contribution in [1.29, 1.82) is 0 Å². The normalized spacial score (nSPS) is 18.9. The first-order valence-corrected chi connectivity index (χ1v) is 10.7. The van der Waals surface area contributed by atoms with E-state index in [1.165, 1.54) is 0 Å². The number of thioether (sulfide) groups is 1. The summed E-state index contributed by atoms with van der Waals surface area (Å²) in [7, 11) is 0. The number of hydrogen-bond acceptors (Lipinski definition) is 6. The van der Waals surface area contributed by atoms with Gasteiger partial charge in [0.15, 0.2) is 0 Å². The lowest BCUT2D eigenvalue weighted by Crippen LogP contribution is -2.38. The van der Waals surface area contributed by atoms with Gasteiger partial charge in [0.25, 0.3) is 5.91 Å². The van der Waals surface area contributed by atoms with Crippen LogP contribution in [0.25, 0.3) is 0 Å². The van der Waals surface area contributed by atoms with E-state index in [0.29, 0.717) is 4.90 Å². The zero-order valence-corrected chi connectivity index (χ0v) is 18.2. The predicted octanol–water partition coefficient (Wildman–Crippen LogP) is 4.13. The highest BCUT2D eigenvalue weighted by Gasteiger charge is 2.50. The Morgan fingerprint density at radius 1 is 1.24 bits per heavy atom. The molecular weight excluding hydrogens is 586 g/mol. The Hall–Kier alpha value is -0.970. The summed E-state index contributed by atoms with van der Waals surface area (Å²) in [6.45, 7) is 0. The number of allylic oxidation sites excluding steroid dienone is 1. The highest BCUT2D eigenvalue weighted by molar-refractivity contribution is 9.11. The van der Waals surface area contributed by atoms with Crippen molar-refractivity contribution in [2.45, 2.75) is 17.9 Å². The Labute approximate surface area is 182 Å². The standard InChI is InChI=1S/C13H8Br2F6N2O4S2/c14-5-1-4(27-13(19,20)21)2-6(15)8(5)23-7(3-29(25)26)28-9(11(22)24)10(23)12(16,17)18/h1-2,7H,3H2,(H2,22,24)(H,25,26)/p-1. The van der Waals surface area contributed by atoms with Crippen molar-refractivity contribution in [3.05, 3.63) is 31.7 Å². The van der Waals surface area contributed by atoms with Crippen molar-refractivity contribution in [3.63, 3.8) is 0 Å². The lowest BCUT2D eigenvalue weighted by molar-refractivity contribution is -0.274. The second-order valence-electron chi connectivity index (χ2n) is 5.24. The number of rotatable bonds is 5. The fraction of sp³-hybridized carbons (Fsp3) is 0.308. The van der Waals surface area contributed by atoms with Crippen LogP contribution in [0.2, 0.25) is 0 Å². The smallest absolute Gasteiger partial charge is 0.573 e. The van der Waals surface area contributed by atoms with Gasteiger partial charge in [-0.3, -0.25) is 9.00 Å². The average Bonchev–Trinajstić information content (AvgIpc) is 2.83. The topological polar surface area (TPSA) is 95.7 Å². The van der Waals surface area contributed by atoms with Gasteiger partial charge in [-0.05, 0) is 44.0 Å². The van der Waals surface area contributed by atoms with Crippen LogP contribution in [0.15, 0.2) is 31.7 Å². The largest absolute Gasteiger partial charge is 0.772 e. The van der Waals surface area contributed by atoms with Gasteiger partial charge in [-0.25, -0.2) is 0 Å². The lowest BCUT2D eigenvalue weighted by atomic mass is 10.2. The second kappa shape index (κ2) is 8.64. The summed E-state index contributed by atoms with van der Waals surface area (Å²) in [4.78, 5) is 11.1. The first kappa shape index (κ1) is 24.3. The Bertz CT molecular complexity index is 870. The number of nitrogens with two attached hydrogens (primary N) is 1. The highest BCUT2D eigenvalue weighted by Crippen LogP contribution is 2.52. The zero-order chi connectivity index (χ0) is 22.3. The Morgan fingerprint density at radius 3 is 2.14 bits per heavy atom. The molecule has 6 nitrogen and oxygen atoms in total. The molecule has 1 aromatic carbocycles. The Kier molecular flexibility index (Phi) is 7.24. The molecule has 1 aliphatic heterocycles. The minimum Gasteiger partial charge on any atom is -0.772 e. The molecule has 2 rings (SSSR count). The first-order chi connectivity index (χ1) is 13.1. The van der Waals surface area contributed by atoms with E-state index >= 15 is 0 Å². The van der Waals surface area contributed by atoms with E-state index in [1.807, 2.05) is 0 Å². The molecule has 2 unspecified atom stereocenters.